The number of aromatic nitrogens is 3. The summed E-state index contributed by atoms with van der Waals surface area (Å²) in [5.74, 6) is -0.0580. The van der Waals surface area contributed by atoms with Crippen LogP contribution >= 0.6 is 11.3 Å². The van der Waals surface area contributed by atoms with Gasteiger partial charge in [-0.3, -0.25) is 14.3 Å². The summed E-state index contributed by atoms with van der Waals surface area (Å²) in [7, 11) is 0. The van der Waals surface area contributed by atoms with E-state index in [4.69, 9.17) is 0 Å². The molecular weight excluding hydrogens is 410 g/mol. The highest BCUT2D eigenvalue weighted by molar-refractivity contribution is 7.09. The van der Waals surface area contributed by atoms with Crippen LogP contribution < -0.4 is 5.32 Å². The quantitative estimate of drug-likeness (QED) is 0.489. The van der Waals surface area contributed by atoms with Crippen LogP contribution in [0.3, 0.4) is 0 Å². The second-order valence-corrected chi connectivity index (χ2v) is 8.77. The Hall–Kier alpha value is -3.39. The van der Waals surface area contributed by atoms with Gasteiger partial charge in [-0.05, 0) is 30.0 Å². The van der Waals surface area contributed by atoms with E-state index >= 15 is 0 Å². The maximum Gasteiger partial charge on any atom is 0.256 e. The van der Waals surface area contributed by atoms with Crippen molar-refractivity contribution in [2.24, 2.45) is 0 Å². The Morgan fingerprint density at radius 2 is 2.10 bits per heavy atom. The number of carbonyl (C=O) groups excluding carboxylic acids is 2. The van der Waals surface area contributed by atoms with Crippen LogP contribution in [0.1, 0.15) is 33.4 Å². The molecule has 2 N–H and O–H groups in total. The average molecular weight is 434 g/mol. The van der Waals surface area contributed by atoms with Crippen LogP contribution in [0.25, 0.3) is 10.9 Å². The third kappa shape index (κ3) is 3.98. The van der Waals surface area contributed by atoms with E-state index < -0.39 is 0 Å². The Labute approximate surface area is 183 Å². The number of fused-ring (bicyclic) bond motifs is 2. The first-order chi connectivity index (χ1) is 15.2. The van der Waals surface area contributed by atoms with Crippen molar-refractivity contribution in [2.45, 2.75) is 25.4 Å². The molecule has 0 radical (unpaired) electrons. The van der Waals surface area contributed by atoms with Crippen molar-refractivity contribution in [1.29, 1.82) is 0 Å². The summed E-state index contributed by atoms with van der Waals surface area (Å²) >= 11 is 1.69. The summed E-state index contributed by atoms with van der Waals surface area (Å²) in [6.07, 6.45) is 4.62. The molecule has 5 rings (SSSR count). The highest BCUT2D eigenvalue weighted by Gasteiger charge is 2.31. The van der Waals surface area contributed by atoms with Crippen LogP contribution in [0, 0.1) is 0 Å². The minimum Gasteiger partial charge on any atom is -0.360 e. The first-order valence-corrected chi connectivity index (χ1v) is 11.2. The molecule has 0 spiro atoms. The van der Waals surface area contributed by atoms with E-state index in [0.29, 0.717) is 25.2 Å². The van der Waals surface area contributed by atoms with Gasteiger partial charge in [0.05, 0.1) is 30.3 Å². The third-order valence-corrected chi connectivity index (χ3v) is 6.62. The normalized spacial score (nSPS) is 15.7. The highest BCUT2D eigenvalue weighted by Crippen LogP contribution is 2.26. The van der Waals surface area contributed by atoms with Crippen LogP contribution in [0.4, 0.5) is 0 Å². The number of hydrogen-bond donors (Lipinski definition) is 2. The molecule has 1 atom stereocenters. The fourth-order valence-electron chi connectivity index (χ4n) is 4.18. The zero-order valence-corrected chi connectivity index (χ0v) is 17.8. The van der Waals surface area contributed by atoms with Crippen LogP contribution in [0.5, 0.6) is 0 Å². The Balaban J connectivity index is 1.28. The molecule has 2 amide bonds. The number of amides is 2. The van der Waals surface area contributed by atoms with Crippen LogP contribution in [-0.2, 0) is 17.8 Å². The molecule has 0 bridgehead atoms. The van der Waals surface area contributed by atoms with E-state index in [2.05, 4.69) is 21.5 Å². The summed E-state index contributed by atoms with van der Waals surface area (Å²) in [4.78, 5) is 32.2. The first-order valence-electron chi connectivity index (χ1n) is 10.4. The predicted octanol–water partition coefficient (Wildman–Crippen LogP) is 3.37. The molecule has 1 aliphatic rings. The molecule has 0 saturated carbocycles. The van der Waals surface area contributed by atoms with Crippen molar-refractivity contribution in [1.82, 2.24) is 25.0 Å². The van der Waals surface area contributed by atoms with Crippen LogP contribution in [0.2, 0.25) is 0 Å². The van der Waals surface area contributed by atoms with E-state index in [0.717, 1.165) is 23.0 Å². The fraction of sp³-hybridized carbons (Fsp3) is 0.261. The summed E-state index contributed by atoms with van der Waals surface area (Å²) in [5.41, 5.74) is 2.54. The minimum absolute atomic E-state index is 0.0237. The third-order valence-electron chi connectivity index (χ3n) is 5.68. The van der Waals surface area contributed by atoms with Gasteiger partial charge >= 0.3 is 0 Å². The predicted molar refractivity (Wildman–Crippen MR) is 120 cm³/mol. The van der Waals surface area contributed by atoms with Gasteiger partial charge in [-0.1, -0.05) is 24.3 Å². The van der Waals surface area contributed by atoms with E-state index in [1.807, 2.05) is 51.4 Å². The molecule has 0 saturated heterocycles. The maximum atomic E-state index is 13.3. The number of benzene rings is 1. The van der Waals surface area contributed by atoms with E-state index in [1.165, 1.54) is 4.88 Å². The average Bonchev–Trinajstić information content (AvgIpc) is 3.53. The van der Waals surface area contributed by atoms with E-state index in [-0.39, 0.29) is 24.3 Å². The van der Waals surface area contributed by atoms with Gasteiger partial charge in [-0.2, -0.15) is 5.10 Å². The Morgan fingerprint density at radius 3 is 2.97 bits per heavy atom. The van der Waals surface area contributed by atoms with Crippen molar-refractivity contribution in [3.63, 3.8) is 0 Å². The lowest BCUT2D eigenvalue weighted by atomic mass is 10.1. The molecule has 0 aliphatic carbocycles. The molecule has 0 fully saturated rings. The molecule has 158 valence electrons. The fourth-order valence-corrected chi connectivity index (χ4v) is 4.89. The molecule has 31 heavy (non-hydrogen) atoms. The molecule has 0 unspecified atom stereocenters. The zero-order chi connectivity index (χ0) is 21.2. The number of aromatic amines is 1. The summed E-state index contributed by atoms with van der Waals surface area (Å²) in [6.45, 7) is 1.54. The van der Waals surface area contributed by atoms with Gasteiger partial charge in [-0.15, -0.1) is 11.3 Å². The number of thiophene rings is 1. The SMILES string of the molecule is O=C(C[C@@H]1CN(C(=O)c2c[nH]c3ccccc23)Cc2ccnn21)NCCc1cccs1. The number of H-pyrrole nitrogens is 1. The number of carbonyl (C=O) groups is 2. The zero-order valence-electron chi connectivity index (χ0n) is 17.0. The number of para-hydroxylation sites is 1. The van der Waals surface area contributed by atoms with Gasteiger partial charge in [0.1, 0.15) is 0 Å². The van der Waals surface area contributed by atoms with E-state index in [9.17, 15) is 9.59 Å². The number of rotatable bonds is 6. The van der Waals surface area contributed by atoms with Gasteiger partial charge in [0.25, 0.3) is 5.91 Å². The second kappa shape index (κ2) is 8.39. The summed E-state index contributed by atoms with van der Waals surface area (Å²) in [5, 5.41) is 10.4. The summed E-state index contributed by atoms with van der Waals surface area (Å²) in [6, 6.07) is 13.6. The van der Waals surface area contributed by atoms with Gasteiger partial charge < -0.3 is 15.2 Å². The van der Waals surface area contributed by atoms with Crippen LogP contribution in [-0.4, -0.2) is 44.6 Å². The molecule has 3 aromatic heterocycles. The smallest absolute Gasteiger partial charge is 0.256 e. The second-order valence-electron chi connectivity index (χ2n) is 7.74. The van der Waals surface area contributed by atoms with Gasteiger partial charge in [0, 0.05) is 41.3 Å². The maximum absolute atomic E-state index is 13.3. The van der Waals surface area contributed by atoms with Crippen molar-refractivity contribution < 1.29 is 9.59 Å². The van der Waals surface area contributed by atoms with Gasteiger partial charge in [0.15, 0.2) is 0 Å². The Kier molecular flexibility index (Phi) is 5.30. The molecule has 8 heteroatoms. The van der Waals surface area contributed by atoms with Crippen LogP contribution in [0.15, 0.2) is 60.2 Å². The standard InChI is InChI=1S/C23H23N5O2S/c29-22(24-9-8-18-4-3-11-31-18)12-17-15-27(14-16-7-10-26-28(16)17)23(30)20-13-25-21-6-2-1-5-19(20)21/h1-7,10-11,13,17,25H,8-9,12,14-15H2,(H,24,29)/t17-/m1/s1. The monoisotopic (exact) mass is 433 g/mol. The lowest BCUT2D eigenvalue weighted by Crippen LogP contribution is -2.43. The van der Waals surface area contributed by atoms with Crippen molar-refractivity contribution in [3.8, 4) is 0 Å². The highest BCUT2D eigenvalue weighted by atomic mass is 32.1. The van der Waals surface area contributed by atoms with Crippen molar-refractivity contribution >= 4 is 34.1 Å². The van der Waals surface area contributed by atoms with E-state index in [1.54, 1.807) is 23.7 Å². The number of hydrogen-bond acceptors (Lipinski definition) is 4. The minimum atomic E-state index is -0.186. The first kappa shape index (κ1) is 19.6. The molecule has 4 aromatic rings. The topological polar surface area (TPSA) is 83.0 Å². The molecule has 1 aromatic carbocycles. The molecule has 1 aliphatic heterocycles. The molecule has 7 nitrogen and oxygen atoms in total. The lowest BCUT2D eigenvalue weighted by molar-refractivity contribution is -0.122. The van der Waals surface area contributed by atoms with Crippen molar-refractivity contribution in [3.05, 3.63) is 76.4 Å². The number of nitrogens with one attached hydrogen (secondary N) is 2. The Morgan fingerprint density at radius 1 is 1.19 bits per heavy atom. The largest absolute Gasteiger partial charge is 0.360 e. The van der Waals surface area contributed by atoms with Gasteiger partial charge in [-0.25, -0.2) is 0 Å². The molecule has 4 heterocycles. The Bertz CT molecular complexity index is 1210. The van der Waals surface area contributed by atoms with Crippen molar-refractivity contribution in [2.75, 3.05) is 13.1 Å². The summed E-state index contributed by atoms with van der Waals surface area (Å²) < 4.78 is 1.89. The van der Waals surface area contributed by atoms with Gasteiger partial charge in [0.2, 0.25) is 5.91 Å². The lowest BCUT2D eigenvalue weighted by Gasteiger charge is -2.33. The molecular formula is C23H23N5O2S. The number of nitrogens with zero attached hydrogens (tertiary/aromatic N) is 3.